The van der Waals surface area contributed by atoms with Gasteiger partial charge in [0, 0.05) is 6.54 Å². The number of aryl methyl sites for hydroxylation is 1. The third-order valence-corrected chi connectivity index (χ3v) is 3.42. The molecule has 0 atom stereocenters. The Morgan fingerprint density at radius 2 is 2.05 bits per heavy atom. The van der Waals surface area contributed by atoms with E-state index in [1.807, 2.05) is 31.2 Å². The molecule has 0 fully saturated rings. The summed E-state index contributed by atoms with van der Waals surface area (Å²) in [5.41, 5.74) is 2.94. The summed E-state index contributed by atoms with van der Waals surface area (Å²) in [6, 6.07) is 7.66. The minimum absolute atomic E-state index is 0.526. The Labute approximate surface area is 122 Å². The quantitative estimate of drug-likeness (QED) is 0.853. The second-order valence-corrected chi connectivity index (χ2v) is 4.92. The van der Waals surface area contributed by atoms with Crippen LogP contribution in [0.5, 0.6) is 5.75 Å². The van der Waals surface area contributed by atoms with Crippen LogP contribution >= 0.6 is 23.2 Å². The molecule has 1 aromatic heterocycles. The van der Waals surface area contributed by atoms with Crippen LogP contribution in [0.15, 0.2) is 30.5 Å². The molecule has 3 nitrogen and oxygen atoms in total. The Morgan fingerprint density at radius 3 is 2.68 bits per heavy atom. The third kappa shape index (κ3) is 3.52. The minimum atomic E-state index is 0.526. The van der Waals surface area contributed by atoms with Crippen molar-refractivity contribution >= 4 is 28.9 Å². The summed E-state index contributed by atoms with van der Waals surface area (Å²) < 4.78 is 5.11. The van der Waals surface area contributed by atoms with E-state index in [0.29, 0.717) is 22.5 Å². The second-order valence-electron chi connectivity index (χ2n) is 4.15. The van der Waals surface area contributed by atoms with Crippen molar-refractivity contribution in [3.05, 3.63) is 51.8 Å². The van der Waals surface area contributed by atoms with Gasteiger partial charge in [-0.1, -0.05) is 29.3 Å². The molecular weight excluding hydrogens is 283 g/mol. The molecule has 0 bridgehead atoms. The molecule has 1 N–H and O–H groups in total. The summed E-state index contributed by atoms with van der Waals surface area (Å²) in [4.78, 5) is 4.09. The lowest BCUT2D eigenvalue weighted by Gasteiger charge is -2.09. The van der Waals surface area contributed by atoms with Gasteiger partial charge in [0.2, 0.25) is 0 Å². The number of hydrogen-bond donors (Lipinski definition) is 1. The van der Waals surface area contributed by atoms with Gasteiger partial charge in [-0.05, 0) is 36.2 Å². The Kier molecular flexibility index (Phi) is 4.51. The standard InChI is InChI=1S/C14H14Cl2N2O/c1-9-5-11(8-18-14(9)16)17-7-10-3-4-13(19-2)12(15)6-10/h3-6,8,17H,7H2,1-2H3. The maximum Gasteiger partial charge on any atom is 0.137 e. The summed E-state index contributed by atoms with van der Waals surface area (Å²) in [6.07, 6.45) is 1.71. The maximum atomic E-state index is 6.07. The van der Waals surface area contributed by atoms with Crippen LogP contribution < -0.4 is 10.1 Å². The van der Waals surface area contributed by atoms with E-state index >= 15 is 0 Å². The predicted octanol–water partition coefficient (Wildman–Crippen LogP) is 4.32. The lowest BCUT2D eigenvalue weighted by molar-refractivity contribution is 0.415. The highest BCUT2D eigenvalue weighted by atomic mass is 35.5. The number of methoxy groups -OCH3 is 1. The van der Waals surface area contributed by atoms with Gasteiger partial charge in [-0.3, -0.25) is 0 Å². The number of pyridine rings is 1. The van der Waals surface area contributed by atoms with Crippen molar-refractivity contribution in [1.29, 1.82) is 0 Å². The smallest absolute Gasteiger partial charge is 0.137 e. The molecule has 5 heteroatoms. The molecule has 0 unspecified atom stereocenters. The zero-order valence-corrected chi connectivity index (χ0v) is 12.2. The Balaban J connectivity index is 2.05. The van der Waals surface area contributed by atoms with Gasteiger partial charge in [0.1, 0.15) is 10.9 Å². The highest BCUT2D eigenvalue weighted by Crippen LogP contribution is 2.25. The molecule has 0 aliphatic rings. The molecule has 0 saturated carbocycles. The van der Waals surface area contributed by atoms with Gasteiger partial charge in [-0.2, -0.15) is 0 Å². The van der Waals surface area contributed by atoms with Crippen LogP contribution in [0.1, 0.15) is 11.1 Å². The zero-order chi connectivity index (χ0) is 13.8. The highest BCUT2D eigenvalue weighted by Gasteiger charge is 2.03. The number of ether oxygens (including phenoxy) is 1. The summed E-state index contributed by atoms with van der Waals surface area (Å²) in [5, 5.41) is 4.40. The molecule has 0 aliphatic carbocycles. The molecule has 100 valence electrons. The number of rotatable bonds is 4. The molecule has 0 aliphatic heterocycles. The van der Waals surface area contributed by atoms with E-state index in [1.165, 1.54) is 0 Å². The normalized spacial score (nSPS) is 10.3. The van der Waals surface area contributed by atoms with E-state index in [9.17, 15) is 0 Å². The summed E-state index contributed by atoms with van der Waals surface area (Å²) in [6.45, 7) is 2.58. The second kappa shape index (κ2) is 6.13. The van der Waals surface area contributed by atoms with Gasteiger partial charge < -0.3 is 10.1 Å². The van der Waals surface area contributed by atoms with E-state index < -0.39 is 0 Å². The zero-order valence-electron chi connectivity index (χ0n) is 10.7. The summed E-state index contributed by atoms with van der Waals surface area (Å²) >= 11 is 12.0. The molecule has 0 amide bonds. The largest absolute Gasteiger partial charge is 0.495 e. The van der Waals surface area contributed by atoms with Crippen molar-refractivity contribution in [2.45, 2.75) is 13.5 Å². The lowest BCUT2D eigenvalue weighted by Crippen LogP contribution is -2.00. The van der Waals surface area contributed by atoms with Crippen molar-refractivity contribution in [3.63, 3.8) is 0 Å². The first kappa shape index (κ1) is 14.0. The van der Waals surface area contributed by atoms with Crippen molar-refractivity contribution in [3.8, 4) is 5.75 Å². The first-order chi connectivity index (χ1) is 9.10. The Hall–Kier alpha value is -1.45. The fraction of sp³-hybridized carbons (Fsp3) is 0.214. The van der Waals surface area contributed by atoms with Crippen LogP contribution in [0.4, 0.5) is 5.69 Å². The van der Waals surface area contributed by atoms with Gasteiger partial charge in [-0.25, -0.2) is 4.98 Å². The van der Waals surface area contributed by atoms with Crippen molar-refractivity contribution < 1.29 is 4.74 Å². The number of aromatic nitrogens is 1. The van der Waals surface area contributed by atoms with E-state index in [-0.39, 0.29) is 0 Å². The van der Waals surface area contributed by atoms with Crippen LogP contribution in [0.25, 0.3) is 0 Å². The van der Waals surface area contributed by atoms with E-state index in [4.69, 9.17) is 27.9 Å². The van der Waals surface area contributed by atoms with Gasteiger partial charge in [-0.15, -0.1) is 0 Å². The Bertz CT molecular complexity index is 588. The average molecular weight is 297 g/mol. The first-order valence-electron chi connectivity index (χ1n) is 5.78. The predicted molar refractivity (Wildman–Crippen MR) is 79.3 cm³/mol. The number of nitrogens with one attached hydrogen (secondary N) is 1. The summed E-state index contributed by atoms with van der Waals surface area (Å²) in [7, 11) is 1.60. The third-order valence-electron chi connectivity index (χ3n) is 2.73. The van der Waals surface area contributed by atoms with Gasteiger partial charge in [0.25, 0.3) is 0 Å². The molecule has 1 heterocycles. The monoisotopic (exact) mass is 296 g/mol. The van der Waals surface area contributed by atoms with E-state index in [1.54, 1.807) is 13.3 Å². The molecule has 2 aromatic rings. The Morgan fingerprint density at radius 1 is 1.26 bits per heavy atom. The van der Waals surface area contributed by atoms with Crippen LogP contribution in [-0.4, -0.2) is 12.1 Å². The number of nitrogens with zero attached hydrogens (tertiary/aromatic N) is 1. The van der Waals surface area contributed by atoms with Crippen molar-refractivity contribution in [2.24, 2.45) is 0 Å². The first-order valence-corrected chi connectivity index (χ1v) is 6.54. The van der Waals surface area contributed by atoms with Crippen molar-refractivity contribution in [2.75, 3.05) is 12.4 Å². The minimum Gasteiger partial charge on any atom is -0.495 e. The maximum absolute atomic E-state index is 6.07. The van der Waals surface area contributed by atoms with E-state index in [2.05, 4.69) is 10.3 Å². The topological polar surface area (TPSA) is 34.1 Å². The molecule has 1 aromatic carbocycles. The molecule has 19 heavy (non-hydrogen) atoms. The molecule has 0 spiro atoms. The van der Waals surface area contributed by atoms with Gasteiger partial charge >= 0.3 is 0 Å². The van der Waals surface area contributed by atoms with E-state index in [0.717, 1.165) is 16.8 Å². The fourth-order valence-electron chi connectivity index (χ4n) is 1.68. The molecule has 0 radical (unpaired) electrons. The summed E-state index contributed by atoms with van der Waals surface area (Å²) in [5.74, 6) is 0.675. The number of benzene rings is 1. The van der Waals surface area contributed by atoms with Crippen LogP contribution in [0.2, 0.25) is 10.2 Å². The van der Waals surface area contributed by atoms with Gasteiger partial charge in [0.05, 0.1) is 24.0 Å². The van der Waals surface area contributed by atoms with Gasteiger partial charge in [0.15, 0.2) is 0 Å². The van der Waals surface area contributed by atoms with Crippen molar-refractivity contribution in [1.82, 2.24) is 4.98 Å². The fourth-order valence-corrected chi connectivity index (χ4v) is 2.06. The van der Waals surface area contributed by atoms with Crippen LogP contribution in [0, 0.1) is 6.92 Å². The number of hydrogen-bond acceptors (Lipinski definition) is 3. The number of anilines is 1. The molecule has 2 rings (SSSR count). The highest BCUT2D eigenvalue weighted by molar-refractivity contribution is 6.32. The molecular formula is C14H14Cl2N2O. The number of halogens is 2. The SMILES string of the molecule is COc1ccc(CNc2cnc(Cl)c(C)c2)cc1Cl. The lowest BCUT2D eigenvalue weighted by atomic mass is 10.2. The van der Waals surface area contributed by atoms with Crippen LogP contribution in [-0.2, 0) is 6.54 Å². The molecule has 0 saturated heterocycles. The van der Waals surface area contributed by atoms with Crippen LogP contribution in [0.3, 0.4) is 0 Å². The average Bonchev–Trinajstić information content (AvgIpc) is 2.40.